The van der Waals surface area contributed by atoms with Crippen LogP contribution in [-0.4, -0.2) is 39.7 Å². The predicted octanol–water partition coefficient (Wildman–Crippen LogP) is 4.74. The molecule has 1 aliphatic rings. The number of halogens is 5. The summed E-state index contributed by atoms with van der Waals surface area (Å²) in [7, 11) is 0. The number of nitrogens with two attached hydrogens (primary N) is 2. The van der Waals surface area contributed by atoms with Gasteiger partial charge in [0.05, 0.1) is 32.9 Å². The summed E-state index contributed by atoms with van der Waals surface area (Å²) in [5.74, 6) is -1.16. The first-order valence-electron chi connectivity index (χ1n) is 12.0. The first kappa shape index (κ1) is 29.4. The lowest BCUT2D eigenvalue weighted by molar-refractivity contribution is -0.140. The van der Waals surface area contributed by atoms with Gasteiger partial charge in [0.2, 0.25) is 0 Å². The summed E-state index contributed by atoms with van der Waals surface area (Å²) in [4.78, 5) is 12.7. The van der Waals surface area contributed by atoms with Crippen molar-refractivity contribution in [3.63, 3.8) is 0 Å². The molecule has 1 aromatic heterocycles. The number of aromatic nitrogens is 2. The van der Waals surface area contributed by atoms with Gasteiger partial charge in [0.15, 0.2) is 5.69 Å². The highest BCUT2D eigenvalue weighted by molar-refractivity contribution is 6.42. The van der Waals surface area contributed by atoms with Gasteiger partial charge in [0.1, 0.15) is 23.8 Å². The van der Waals surface area contributed by atoms with Gasteiger partial charge in [-0.2, -0.15) is 23.5 Å². The molecular weight excluding hydrogens is 572 g/mol. The number of nitriles is 1. The summed E-state index contributed by atoms with van der Waals surface area (Å²) in [5.41, 5.74) is 9.99. The molecular formula is C26H23Cl2F3N6O3. The van der Waals surface area contributed by atoms with Crippen molar-refractivity contribution in [2.24, 2.45) is 11.5 Å². The zero-order chi connectivity index (χ0) is 29.2. The molecule has 6 N–H and O–H groups in total. The Labute approximate surface area is 236 Å². The van der Waals surface area contributed by atoms with Crippen LogP contribution in [0.15, 0.2) is 42.5 Å². The van der Waals surface area contributed by atoms with E-state index in [0.29, 0.717) is 25.8 Å². The number of aliphatic hydroxyl groups excluding tert-OH is 1. The topological polar surface area (TPSA) is 152 Å². The highest BCUT2D eigenvalue weighted by atomic mass is 35.5. The summed E-state index contributed by atoms with van der Waals surface area (Å²) < 4.78 is 49.1. The molecule has 0 aliphatic carbocycles. The molecule has 210 valence electrons. The van der Waals surface area contributed by atoms with Crippen molar-refractivity contribution >= 4 is 40.7 Å². The van der Waals surface area contributed by atoms with E-state index < -0.39 is 30.1 Å². The summed E-state index contributed by atoms with van der Waals surface area (Å²) >= 11 is 12.0. The lowest BCUT2D eigenvalue weighted by Crippen LogP contribution is -2.34. The number of carbonyl (C=O) groups excluding carboxylic acids is 1. The number of hydrogen-bond acceptors (Lipinski definition) is 8. The molecule has 3 aromatic rings. The molecule has 9 nitrogen and oxygen atoms in total. The molecule has 1 aliphatic heterocycles. The maximum atomic E-state index is 14.2. The van der Waals surface area contributed by atoms with Crippen molar-refractivity contribution in [2.75, 3.05) is 11.9 Å². The van der Waals surface area contributed by atoms with E-state index >= 15 is 0 Å². The van der Waals surface area contributed by atoms with Gasteiger partial charge in [0, 0.05) is 5.56 Å². The molecule has 0 fully saturated rings. The van der Waals surface area contributed by atoms with E-state index in [4.69, 9.17) is 39.4 Å². The number of ether oxygens (including phenoxy) is 1. The van der Waals surface area contributed by atoms with Gasteiger partial charge in [-0.1, -0.05) is 35.7 Å². The minimum Gasteiger partial charge on any atom is -0.425 e. The number of alkyl halides is 3. The zero-order valence-corrected chi connectivity index (χ0v) is 22.2. The minimum atomic E-state index is -4.90. The molecule has 2 heterocycles. The molecule has 0 spiro atoms. The molecule has 0 amide bonds. The molecule has 14 heteroatoms. The smallest absolute Gasteiger partial charge is 0.425 e. The van der Waals surface area contributed by atoms with Crippen LogP contribution >= 0.6 is 23.2 Å². The Bertz CT molecular complexity index is 1520. The van der Waals surface area contributed by atoms with Gasteiger partial charge in [-0.15, -0.1) is 0 Å². The average molecular weight is 595 g/mol. The van der Waals surface area contributed by atoms with E-state index in [1.807, 2.05) is 6.07 Å². The third-order valence-corrected chi connectivity index (χ3v) is 6.80. The Kier molecular flexibility index (Phi) is 8.72. The number of aliphatic hydroxyl groups is 1. The Morgan fingerprint density at radius 1 is 1.23 bits per heavy atom. The van der Waals surface area contributed by atoms with Crippen LogP contribution in [-0.2, 0) is 11.0 Å². The quantitative estimate of drug-likeness (QED) is 0.166. The number of rotatable bonds is 8. The van der Waals surface area contributed by atoms with E-state index in [0.717, 1.165) is 4.68 Å². The van der Waals surface area contributed by atoms with Gasteiger partial charge in [-0.25, -0.2) is 9.48 Å². The molecule has 0 bridgehead atoms. The third-order valence-electron chi connectivity index (χ3n) is 6.06. The minimum absolute atomic E-state index is 0.0171. The summed E-state index contributed by atoms with van der Waals surface area (Å²) in [5, 5.41) is 26.6. The van der Waals surface area contributed by atoms with E-state index in [1.165, 1.54) is 42.5 Å². The van der Waals surface area contributed by atoms with Gasteiger partial charge in [0.25, 0.3) is 0 Å². The molecule has 2 aromatic carbocycles. The van der Waals surface area contributed by atoms with Crippen molar-refractivity contribution in [1.82, 2.24) is 9.78 Å². The highest BCUT2D eigenvalue weighted by Crippen LogP contribution is 2.45. The number of fused-ring (bicyclic) bond motifs is 1. The largest absolute Gasteiger partial charge is 0.435 e. The van der Waals surface area contributed by atoms with Crippen LogP contribution in [0.5, 0.6) is 5.75 Å². The van der Waals surface area contributed by atoms with Crippen molar-refractivity contribution in [2.45, 2.75) is 37.7 Å². The zero-order valence-electron chi connectivity index (χ0n) is 20.7. The SMILES string of the molecule is N#Cc1ccc(C2=CC(O)Nc3c(-c4ccc(Cl)c(Cl)c4)c(C(F)(F)F)nn32)c(OC(=O)[C@@H](N)CCCCN)c1. The van der Waals surface area contributed by atoms with Crippen LogP contribution in [0.25, 0.3) is 16.8 Å². The van der Waals surface area contributed by atoms with Gasteiger partial charge >= 0.3 is 12.1 Å². The fraction of sp³-hybridized carbons (Fsp3) is 0.269. The average Bonchev–Trinajstić information content (AvgIpc) is 3.30. The van der Waals surface area contributed by atoms with Crippen LogP contribution < -0.4 is 21.5 Å². The number of benzene rings is 2. The predicted molar refractivity (Wildman–Crippen MR) is 143 cm³/mol. The second-order valence-corrected chi connectivity index (χ2v) is 9.70. The van der Waals surface area contributed by atoms with Gasteiger partial charge in [-0.3, -0.25) is 0 Å². The van der Waals surface area contributed by atoms with E-state index in [2.05, 4.69) is 10.4 Å². The Morgan fingerprint density at radius 3 is 2.62 bits per heavy atom. The molecule has 0 saturated heterocycles. The van der Waals surface area contributed by atoms with Gasteiger partial charge < -0.3 is 26.6 Å². The number of anilines is 1. The number of nitrogens with one attached hydrogen (secondary N) is 1. The van der Waals surface area contributed by atoms with Gasteiger partial charge in [-0.05, 0) is 61.4 Å². The number of hydrogen-bond donors (Lipinski definition) is 4. The second kappa shape index (κ2) is 11.9. The lowest BCUT2D eigenvalue weighted by atomic mass is 10.0. The normalized spacial score (nSPS) is 15.5. The van der Waals surface area contributed by atoms with Crippen LogP contribution in [0.1, 0.15) is 36.1 Å². The molecule has 0 saturated carbocycles. The fourth-order valence-electron chi connectivity index (χ4n) is 4.15. The summed E-state index contributed by atoms with van der Waals surface area (Å²) in [6.45, 7) is 0.428. The standard InChI is InChI=1S/C26H23Cl2F3N6O3/c27-16-7-5-14(10-17(16)28)22-23(26(29,30)31)36-37-19(11-21(38)35-24(22)37)15-6-4-13(12-33)9-20(15)40-25(39)18(34)3-1-2-8-32/h4-7,9-11,18,21,35,38H,1-3,8,32,34H2/t18-,21?/m0/s1. The van der Waals surface area contributed by atoms with E-state index in [9.17, 15) is 28.3 Å². The number of unbranched alkanes of at least 4 members (excludes halogenated alkanes) is 1. The molecule has 40 heavy (non-hydrogen) atoms. The first-order chi connectivity index (χ1) is 18.9. The number of nitrogens with zero attached hydrogens (tertiary/aromatic N) is 3. The number of carbonyl (C=O) groups is 1. The van der Waals surface area contributed by atoms with Crippen LogP contribution in [0.3, 0.4) is 0 Å². The van der Waals surface area contributed by atoms with Crippen molar-refractivity contribution in [3.8, 4) is 22.9 Å². The highest BCUT2D eigenvalue weighted by Gasteiger charge is 2.42. The number of esters is 1. The summed E-state index contributed by atoms with van der Waals surface area (Å²) in [6.07, 6.45) is -3.65. The van der Waals surface area contributed by atoms with Crippen molar-refractivity contribution < 1.29 is 27.8 Å². The molecule has 2 atom stereocenters. The monoisotopic (exact) mass is 594 g/mol. The third kappa shape index (κ3) is 6.09. The Morgan fingerprint density at radius 2 is 1.98 bits per heavy atom. The molecule has 4 rings (SSSR count). The Hall–Kier alpha value is -3.60. The molecule has 1 unspecified atom stereocenters. The maximum Gasteiger partial charge on any atom is 0.435 e. The van der Waals surface area contributed by atoms with Crippen molar-refractivity contribution in [1.29, 1.82) is 5.26 Å². The summed E-state index contributed by atoms with van der Waals surface area (Å²) in [6, 6.07) is 8.87. The second-order valence-electron chi connectivity index (χ2n) is 8.89. The van der Waals surface area contributed by atoms with E-state index in [-0.39, 0.29) is 49.6 Å². The maximum absolute atomic E-state index is 14.2. The van der Waals surface area contributed by atoms with Crippen LogP contribution in [0.4, 0.5) is 19.0 Å². The van der Waals surface area contributed by atoms with Crippen molar-refractivity contribution in [3.05, 3.63) is 69.3 Å². The molecule has 0 radical (unpaired) electrons. The lowest BCUT2D eigenvalue weighted by Gasteiger charge is -2.24. The fourth-order valence-corrected chi connectivity index (χ4v) is 4.45. The Balaban J connectivity index is 1.85. The first-order valence-corrected chi connectivity index (χ1v) is 12.7. The van der Waals surface area contributed by atoms with Crippen LogP contribution in [0, 0.1) is 11.3 Å². The van der Waals surface area contributed by atoms with E-state index in [1.54, 1.807) is 0 Å². The van der Waals surface area contributed by atoms with Crippen LogP contribution in [0.2, 0.25) is 10.0 Å².